The van der Waals surface area contributed by atoms with Crippen molar-refractivity contribution >= 4 is 26.8 Å². The van der Waals surface area contributed by atoms with Crippen LogP contribution in [-0.2, 0) is 13.1 Å². The van der Waals surface area contributed by atoms with Gasteiger partial charge in [-0.1, -0.05) is 52.3 Å². The maximum atomic E-state index is 3.59. The van der Waals surface area contributed by atoms with Crippen LogP contribution >= 0.6 is 15.9 Å². The Bertz CT molecular complexity index is 689. The number of nitrogens with zero attached hydrogens (tertiary/aromatic N) is 1. The number of benzene rings is 2. The molecular weight excluding hydrogens is 312 g/mol. The standard InChI is InChI=1S/C17H17BrN2/c18-16-7-4-8-17-15(16)9-11-20(17)12-10-19-13-14-5-2-1-3-6-14/h1-9,11,19H,10,12-13H2. The molecule has 0 saturated carbocycles. The Labute approximate surface area is 127 Å². The first-order valence-corrected chi connectivity index (χ1v) is 7.62. The summed E-state index contributed by atoms with van der Waals surface area (Å²) in [6, 6.07) is 19.0. The first kappa shape index (κ1) is 13.4. The number of hydrogen-bond donors (Lipinski definition) is 1. The van der Waals surface area contributed by atoms with Gasteiger partial charge in [0.25, 0.3) is 0 Å². The van der Waals surface area contributed by atoms with Gasteiger partial charge in [-0.3, -0.25) is 0 Å². The van der Waals surface area contributed by atoms with Gasteiger partial charge in [-0.05, 0) is 23.8 Å². The monoisotopic (exact) mass is 328 g/mol. The third-order valence-electron chi connectivity index (χ3n) is 3.46. The molecule has 0 amide bonds. The predicted molar refractivity (Wildman–Crippen MR) is 87.8 cm³/mol. The van der Waals surface area contributed by atoms with Crippen molar-refractivity contribution in [2.75, 3.05) is 6.54 Å². The van der Waals surface area contributed by atoms with Crippen molar-refractivity contribution in [3.05, 3.63) is 70.8 Å². The normalized spacial score (nSPS) is 11.1. The third kappa shape index (κ3) is 2.94. The lowest BCUT2D eigenvalue weighted by molar-refractivity contribution is 0.609. The Kier molecular flexibility index (Phi) is 4.19. The van der Waals surface area contributed by atoms with E-state index in [1.54, 1.807) is 0 Å². The summed E-state index contributed by atoms with van der Waals surface area (Å²) in [5.41, 5.74) is 2.61. The number of halogens is 1. The first-order valence-electron chi connectivity index (χ1n) is 6.82. The van der Waals surface area contributed by atoms with E-state index in [4.69, 9.17) is 0 Å². The van der Waals surface area contributed by atoms with Crippen LogP contribution < -0.4 is 5.32 Å². The molecule has 2 nitrogen and oxygen atoms in total. The number of nitrogens with one attached hydrogen (secondary N) is 1. The maximum absolute atomic E-state index is 3.59. The van der Waals surface area contributed by atoms with Crippen LogP contribution in [0.25, 0.3) is 10.9 Å². The molecule has 3 heteroatoms. The van der Waals surface area contributed by atoms with Crippen LogP contribution in [0.15, 0.2) is 65.3 Å². The van der Waals surface area contributed by atoms with E-state index >= 15 is 0 Å². The molecule has 2 aromatic carbocycles. The highest BCUT2D eigenvalue weighted by Crippen LogP contribution is 2.24. The molecule has 20 heavy (non-hydrogen) atoms. The zero-order valence-electron chi connectivity index (χ0n) is 11.2. The molecule has 0 atom stereocenters. The van der Waals surface area contributed by atoms with Crippen LogP contribution in [0.5, 0.6) is 0 Å². The quantitative estimate of drug-likeness (QED) is 0.695. The van der Waals surface area contributed by atoms with Gasteiger partial charge in [0.2, 0.25) is 0 Å². The van der Waals surface area contributed by atoms with Crippen molar-refractivity contribution < 1.29 is 0 Å². The van der Waals surface area contributed by atoms with Crippen LogP contribution in [0.3, 0.4) is 0 Å². The van der Waals surface area contributed by atoms with Crippen LogP contribution in [0, 0.1) is 0 Å². The molecule has 0 aliphatic heterocycles. The molecule has 0 spiro atoms. The minimum Gasteiger partial charge on any atom is -0.346 e. The van der Waals surface area contributed by atoms with Gasteiger partial charge in [-0.2, -0.15) is 0 Å². The summed E-state index contributed by atoms with van der Waals surface area (Å²) in [7, 11) is 0. The van der Waals surface area contributed by atoms with Crippen molar-refractivity contribution in [3.8, 4) is 0 Å². The zero-order chi connectivity index (χ0) is 13.8. The molecule has 1 N–H and O–H groups in total. The summed E-state index contributed by atoms with van der Waals surface area (Å²) >= 11 is 3.59. The van der Waals surface area contributed by atoms with Gasteiger partial charge >= 0.3 is 0 Å². The average Bonchev–Trinajstić information content (AvgIpc) is 2.90. The average molecular weight is 329 g/mol. The molecule has 1 heterocycles. The van der Waals surface area contributed by atoms with Gasteiger partial charge in [0.15, 0.2) is 0 Å². The molecule has 0 fully saturated rings. The molecule has 1 aromatic heterocycles. The fraction of sp³-hybridized carbons (Fsp3) is 0.176. The van der Waals surface area contributed by atoms with Crippen molar-refractivity contribution in [3.63, 3.8) is 0 Å². The van der Waals surface area contributed by atoms with E-state index < -0.39 is 0 Å². The highest BCUT2D eigenvalue weighted by atomic mass is 79.9. The van der Waals surface area contributed by atoms with Crippen molar-refractivity contribution in [2.24, 2.45) is 0 Å². The second-order valence-corrected chi connectivity index (χ2v) is 5.70. The summed E-state index contributed by atoms with van der Waals surface area (Å²) in [5.74, 6) is 0. The van der Waals surface area contributed by atoms with E-state index in [9.17, 15) is 0 Å². The van der Waals surface area contributed by atoms with Crippen molar-refractivity contribution in [1.29, 1.82) is 0 Å². The largest absolute Gasteiger partial charge is 0.346 e. The summed E-state index contributed by atoms with van der Waals surface area (Å²) < 4.78 is 3.45. The van der Waals surface area contributed by atoms with Gasteiger partial charge < -0.3 is 9.88 Å². The second-order valence-electron chi connectivity index (χ2n) is 4.84. The first-order chi connectivity index (χ1) is 9.84. The van der Waals surface area contributed by atoms with Crippen molar-refractivity contribution in [1.82, 2.24) is 9.88 Å². The molecule has 3 rings (SSSR count). The lowest BCUT2D eigenvalue weighted by Gasteiger charge is -2.08. The molecule has 0 aliphatic carbocycles. The highest BCUT2D eigenvalue weighted by molar-refractivity contribution is 9.10. The number of rotatable bonds is 5. The number of aromatic nitrogens is 1. The fourth-order valence-corrected chi connectivity index (χ4v) is 2.90. The van der Waals surface area contributed by atoms with E-state index in [1.165, 1.54) is 16.5 Å². The fourth-order valence-electron chi connectivity index (χ4n) is 2.41. The zero-order valence-corrected chi connectivity index (χ0v) is 12.8. The van der Waals surface area contributed by atoms with E-state index in [2.05, 4.69) is 80.5 Å². The lowest BCUT2D eigenvalue weighted by Crippen LogP contribution is -2.19. The highest BCUT2D eigenvalue weighted by Gasteiger charge is 2.03. The SMILES string of the molecule is Brc1cccc2c1ccn2CCNCc1ccccc1. The molecule has 3 aromatic rings. The second kappa shape index (κ2) is 6.25. The maximum Gasteiger partial charge on any atom is 0.0492 e. The summed E-state index contributed by atoms with van der Waals surface area (Å²) in [6.07, 6.45) is 2.15. The van der Waals surface area contributed by atoms with E-state index in [0.717, 1.165) is 24.1 Å². The van der Waals surface area contributed by atoms with Gasteiger partial charge in [0, 0.05) is 41.2 Å². The Morgan fingerprint density at radius 1 is 0.950 bits per heavy atom. The van der Waals surface area contributed by atoms with Crippen LogP contribution in [0.4, 0.5) is 0 Å². The Balaban J connectivity index is 1.59. The summed E-state index contributed by atoms with van der Waals surface area (Å²) in [4.78, 5) is 0. The molecule has 0 saturated heterocycles. The summed E-state index contributed by atoms with van der Waals surface area (Å²) in [5, 5.41) is 4.76. The molecule has 0 aliphatic rings. The van der Waals surface area contributed by atoms with Crippen LogP contribution in [0.2, 0.25) is 0 Å². The van der Waals surface area contributed by atoms with E-state index in [-0.39, 0.29) is 0 Å². The molecule has 0 unspecified atom stereocenters. The Morgan fingerprint density at radius 3 is 2.65 bits per heavy atom. The van der Waals surface area contributed by atoms with Gasteiger partial charge in [0.05, 0.1) is 0 Å². The minimum absolute atomic E-state index is 0.920. The number of fused-ring (bicyclic) bond motifs is 1. The molecule has 0 radical (unpaired) electrons. The van der Waals surface area contributed by atoms with Crippen molar-refractivity contribution in [2.45, 2.75) is 13.1 Å². The Hall–Kier alpha value is -1.58. The lowest BCUT2D eigenvalue weighted by atomic mass is 10.2. The molecule has 0 bridgehead atoms. The number of hydrogen-bond acceptors (Lipinski definition) is 1. The van der Waals surface area contributed by atoms with Gasteiger partial charge in [-0.25, -0.2) is 0 Å². The minimum atomic E-state index is 0.920. The van der Waals surface area contributed by atoms with E-state index in [0.29, 0.717) is 0 Å². The third-order valence-corrected chi connectivity index (χ3v) is 4.15. The topological polar surface area (TPSA) is 17.0 Å². The van der Waals surface area contributed by atoms with Crippen LogP contribution in [-0.4, -0.2) is 11.1 Å². The predicted octanol–water partition coefficient (Wildman–Crippen LogP) is 4.19. The molecule has 102 valence electrons. The van der Waals surface area contributed by atoms with Gasteiger partial charge in [-0.15, -0.1) is 0 Å². The van der Waals surface area contributed by atoms with Gasteiger partial charge in [0.1, 0.15) is 0 Å². The van der Waals surface area contributed by atoms with E-state index in [1.807, 2.05) is 6.07 Å². The molecular formula is C17H17BrN2. The van der Waals surface area contributed by atoms with Crippen LogP contribution in [0.1, 0.15) is 5.56 Å². The Morgan fingerprint density at radius 2 is 1.80 bits per heavy atom. The smallest absolute Gasteiger partial charge is 0.0492 e. The summed E-state index contributed by atoms with van der Waals surface area (Å²) in [6.45, 7) is 2.86.